The second-order valence-electron chi connectivity index (χ2n) is 8.01. The van der Waals surface area contributed by atoms with E-state index in [2.05, 4.69) is 6.58 Å². The van der Waals surface area contributed by atoms with Gasteiger partial charge in [0.2, 0.25) is 0 Å². The average molecular weight is 418 g/mol. The number of hydrogen-bond acceptors (Lipinski definition) is 5. The monoisotopic (exact) mass is 418 g/mol. The van der Waals surface area contributed by atoms with E-state index in [1.807, 2.05) is 42.7 Å². The summed E-state index contributed by atoms with van der Waals surface area (Å²) >= 11 is 0. The van der Waals surface area contributed by atoms with Crippen molar-refractivity contribution >= 4 is 28.3 Å². The van der Waals surface area contributed by atoms with Gasteiger partial charge in [-0.3, -0.25) is 10.2 Å². The van der Waals surface area contributed by atoms with Gasteiger partial charge in [-0.25, -0.2) is 4.98 Å². The number of fused-ring (bicyclic) bond motifs is 1. The Labute approximate surface area is 181 Å². The smallest absolute Gasteiger partial charge is 0.176 e. The van der Waals surface area contributed by atoms with Crippen LogP contribution in [0, 0.1) is 5.41 Å². The summed E-state index contributed by atoms with van der Waals surface area (Å²) in [5.41, 5.74) is 1.42. The number of carbonyl (C=O) groups excluding carboxylic acids is 1. The number of carbonyl (C=O) groups is 1. The number of aromatic nitrogens is 2. The molecular weight excluding hydrogens is 392 g/mol. The molecule has 1 unspecified atom stereocenters. The van der Waals surface area contributed by atoms with Gasteiger partial charge >= 0.3 is 0 Å². The second kappa shape index (κ2) is 7.58. The van der Waals surface area contributed by atoms with E-state index in [1.54, 1.807) is 43.4 Å². The minimum Gasteiger partial charge on any atom is -0.497 e. The average Bonchev–Trinajstić information content (AvgIpc) is 3.19. The molecule has 1 atom stereocenters. The van der Waals surface area contributed by atoms with E-state index < -0.39 is 11.5 Å². The van der Waals surface area contributed by atoms with Crippen LogP contribution in [0.1, 0.15) is 25.6 Å². The fourth-order valence-electron chi connectivity index (χ4n) is 4.28. The van der Waals surface area contributed by atoms with E-state index in [-0.39, 0.29) is 11.6 Å². The number of allylic oxidation sites excluding steroid dienone is 1. The van der Waals surface area contributed by atoms with Crippen LogP contribution < -0.4 is 14.4 Å². The summed E-state index contributed by atoms with van der Waals surface area (Å²) in [5, 5.41) is 9.03. The summed E-state index contributed by atoms with van der Waals surface area (Å²) in [6, 6.07) is 13.1. The van der Waals surface area contributed by atoms with Crippen molar-refractivity contribution in [3.8, 4) is 11.5 Å². The van der Waals surface area contributed by atoms with Crippen LogP contribution in [0.5, 0.6) is 11.5 Å². The molecule has 0 saturated carbocycles. The fourth-order valence-corrected chi connectivity index (χ4v) is 4.28. The zero-order valence-corrected chi connectivity index (χ0v) is 18.2. The molecule has 7 nitrogen and oxygen atoms in total. The highest BCUT2D eigenvalue weighted by molar-refractivity contribution is 6.25. The molecule has 0 bridgehead atoms. The first-order valence-corrected chi connectivity index (χ1v) is 10.1. The first-order valence-electron chi connectivity index (χ1n) is 10.1. The lowest BCUT2D eigenvalue weighted by Gasteiger charge is -2.31. The lowest BCUT2D eigenvalue weighted by molar-refractivity contribution is -0.121. The largest absolute Gasteiger partial charge is 0.497 e. The van der Waals surface area contributed by atoms with E-state index >= 15 is 0 Å². The number of ether oxygens (including phenoxy) is 2. The lowest BCUT2D eigenvalue weighted by atomic mass is 9.93. The molecule has 1 saturated heterocycles. The third kappa shape index (κ3) is 3.17. The van der Waals surface area contributed by atoms with Gasteiger partial charge in [0, 0.05) is 24.7 Å². The van der Waals surface area contributed by atoms with Gasteiger partial charge in [0.05, 0.1) is 30.9 Å². The van der Waals surface area contributed by atoms with Crippen LogP contribution in [0.2, 0.25) is 0 Å². The molecule has 0 radical (unpaired) electrons. The number of nitrogens with zero attached hydrogens (tertiary/aromatic N) is 3. The maximum absolute atomic E-state index is 13.6. The molecule has 1 aliphatic rings. The number of Topliss-reactive ketones (excluding diaryl/α,β-unsaturated/α-hetero) is 1. The Morgan fingerprint density at radius 3 is 2.42 bits per heavy atom. The Hall–Kier alpha value is -3.61. The highest BCUT2D eigenvalue weighted by Crippen LogP contribution is 2.42. The molecule has 31 heavy (non-hydrogen) atoms. The van der Waals surface area contributed by atoms with Crippen molar-refractivity contribution < 1.29 is 14.3 Å². The summed E-state index contributed by atoms with van der Waals surface area (Å²) in [5.74, 6) is 1.03. The third-order valence-electron chi connectivity index (χ3n) is 5.79. The number of amidine groups is 1. The number of ketones is 1. The van der Waals surface area contributed by atoms with Crippen molar-refractivity contribution in [1.82, 2.24) is 9.55 Å². The fraction of sp³-hybridized carbons (Fsp3) is 0.292. The van der Waals surface area contributed by atoms with E-state index in [0.29, 0.717) is 29.6 Å². The molecule has 2 heterocycles. The van der Waals surface area contributed by atoms with Crippen LogP contribution in [-0.4, -0.2) is 40.9 Å². The normalized spacial score (nSPS) is 17.9. The summed E-state index contributed by atoms with van der Waals surface area (Å²) in [6.07, 6.45) is 1.77. The minimum atomic E-state index is -0.948. The molecule has 1 fully saturated rings. The van der Waals surface area contributed by atoms with E-state index in [9.17, 15) is 4.79 Å². The van der Waals surface area contributed by atoms with E-state index in [0.717, 1.165) is 11.0 Å². The maximum Gasteiger partial charge on any atom is 0.176 e. The summed E-state index contributed by atoms with van der Waals surface area (Å²) in [7, 11) is 3.15. The Balaban J connectivity index is 1.87. The number of benzene rings is 2. The van der Waals surface area contributed by atoms with Crippen LogP contribution in [-0.2, 0) is 11.3 Å². The molecule has 0 spiro atoms. The van der Waals surface area contributed by atoms with Crippen molar-refractivity contribution in [3.63, 3.8) is 0 Å². The summed E-state index contributed by atoms with van der Waals surface area (Å²) in [4.78, 5) is 20.1. The minimum absolute atomic E-state index is 0.0834. The summed E-state index contributed by atoms with van der Waals surface area (Å²) in [6.45, 7) is 8.01. The topological polar surface area (TPSA) is 80.4 Å². The number of methoxy groups -OCH3 is 2. The second-order valence-corrected chi connectivity index (χ2v) is 8.01. The van der Waals surface area contributed by atoms with Gasteiger partial charge in [0.25, 0.3) is 0 Å². The highest BCUT2D eigenvalue weighted by atomic mass is 16.5. The number of anilines is 1. The Bertz CT molecular complexity index is 1170. The van der Waals surface area contributed by atoms with Crippen molar-refractivity contribution in [1.29, 1.82) is 5.41 Å². The number of para-hydroxylation sites is 2. The zero-order valence-electron chi connectivity index (χ0n) is 18.2. The lowest BCUT2D eigenvalue weighted by Crippen LogP contribution is -2.44. The van der Waals surface area contributed by atoms with Gasteiger partial charge in [-0.15, -0.1) is 6.58 Å². The molecule has 1 aliphatic heterocycles. The van der Waals surface area contributed by atoms with Gasteiger partial charge in [0.1, 0.15) is 34.6 Å². The molecule has 1 N–H and O–H groups in total. The molecule has 160 valence electrons. The van der Waals surface area contributed by atoms with Crippen LogP contribution in [0.25, 0.3) is 11.0 Å². The van der Waals surface area contributed by atoms with Gasteiger partial charge in [0.15, 0.2) is 5.78 Å². The van der Waals surface area contributed by atoms with Crippen LogP contribution >= 0.6 is 0 Å². The van der Waals surface area contributed by atoms with Crippen molar-refractivity contribution in [2.45, 2.75) is 31.8 Å². The Kier molecular flexibility index (Phi) is 5.05. The SMILES string of the molecule is C=CCn1c(C2C(=N)N(c3cc(OC)cc(OC)c3)C(C)(C)C2=O)nc2ccccc21. The molecule has 2 aromatic carbocycles. The van der Waals surface area contributed by atoms with Crippen LogP contribution in [0.4, 0.5) is 5.69 Å². The van der Waals surface area contributed by atoms with Crippen molar-refractivity contribution in [2.24, 2.45) is 0 Å². The number of imidazole rings is 1. The molecule has 0 aliphatic carbocycles. The van der Waals surface area contributed by atoms with E-state index in [1.165, 1.54) is 0 Å². The number of nitrogens with one attached hydrogen (secondary N) is 1. The molecule has 1 aromatic heterocycles. The maximum atomic E-state index is 13.6. The van der Waals surface area contributed by atoms with Crippen LogP contribution in [0.15, 0.2) is 55.1 Å². The predicted octanol–water partition coefficient (Wildman–Crippen LogP) is 4.17. The first kappa shape index (κ1) is 20.7. The standard InChI is InChI=1S/C24H26N4O3/c1-6-11-27-19-10-8-7-9-18(19)26-23(27)20-21(29)24(2,3)28(22(20)25)15-12-16(30-4)14-17(13-15)31-5/h6-10,12-14,20,25H,1,11H2,2-5H3. The molecule has 7 heteroatoms. The number of rotatable bonds is 6. The van der Waals surface area contributed by atoms with Gasteiger partial charge < -0.3 is 18.9 Å². The van der Waals surface area contributed by atoms with Gasteiger partial charge in [-0.2, -0.15) is 0 Å². The van der Waals surface area contributed by atoms with Crippen molar-refractivity contribution in [2.75, 3.05) is 19.1 Å². The predicted molar refractivity (Wildman–Crippen MR) is 122 cm³/mol. The zero-order chi connectivity index (χ0) is 22.3. The van der Waals surface area contributed by atoms with Gasteiger partial charge in [-0.1, -0.05) is 18.2 Å². The Morgan fingerprint density at radius 1 is 1.16 bits per heavy atom. The number of hydrogen-bond donors (Lipinski definition) is 1. The third-order valence-corrected chi connectivity index (χ3v) is 5.79. The van der Waals surface area contributed by atoms with Crippen LogP contribution in [0.3, 0.4) is 0 Å². The molecule has 3 aromatic rings. The molecule has 0 amide bonds. The quantitative estimate of drug-likeness (QED) is 0.608. The van der Waals surface area contributed by atoms with Gasteiger partial charge in [-0.05, 0) is 26.0 Å². The van der Waals surface area contributed by atoms with E-state index in [4.69, 9.17) is 19.9 Å². The van der Waals surface area contributed by atoms with Crippen molar-refractivity contribution in [3.05, 3.63) is 60.9 Å². The highest BCUT2D eigenvalue weighted by Gasteiger charge is 2.53. The molecular formula is C24H26N4O3. The molecule has 4 rings (SSSR count). The first-order chi connectivity index (χ1) is 14.8. The Morgan fingerprint density at radius 2 is 1.81 bits per heavy atom. The summed E-state index contributed by atoms with van der Waals surface area (Å²) < 4.78 is 12.8.